The number of rotatable bonds is 7. The zero-order valence-electron chi connectivity index (χ0n) is 15.5. The highest BCUT2D eigenvalue weighted by Crippen LogP contribution is 2.31. The molecule has 0 unspecified atom stereocenters. The normalized spacial score (nSPS) is 15.9. The van der Waals surface area contributed by atoms with Gasteiger partial charge >= 0.3 is 0 Å². The van der Waals surface area contributed by atoms with E-state index in [1.54, 1.807) is 7.11 Å². The first-order valence-electron chi connectivity index (χ1n) is 9.10. The maximum absolute atomic E-state index is 12.9. The summed E-state index contributed by atoms with van der Waals surface area (Å²) in [5.74, 6) is 0.703. The summed E-state index contributed by atoms with van der Waals surface area (Å²) >= 11 is 5.90. The lowest BCUT2D eigenvalue weighted by Crippen LogP contribution is -2.47. The van der Waals surface area contributed by atoms with E-state index in [-0.39, 0.29) is 5.91 Å². The van der Waals surface area contributed by atoms with Crippen molar-refractivity contribution in [2.24, 2.45) is 5.41 Å². The Hall–Kier alpha value is -2.08. The summed E-state index contributed by atoms with van der Waals surface area (Å²) in [6.45, 7) is 2.50. The van der Waals surface area contributed by atoms with Crippen LogP contribution in [0.2, 0.25) is 5.02 Å². The Bertz CT molecular complexity index is 753. The highest BCUT2D eigenvalue weighted by Gasteiger charge is 2.39. The van der Waals surface area contributed by atoms with Crippen molar-refractivity contribution in [2.45, 2.75) is 19.4 Å². The van der Waals surface area contributed by atoms with E-state index in [1.807, 2.05) is 48.5 Å². The molecule has 2 N–H and O–H groups in total. The molecule has 0 radical (unpaired) electrons. The minimum absolute atomic E-state index is 0.000649. The van der Waals surface area contributed by atoms with E-state index >= 15 is 0 Å². The van der Waals surface area contributed by atoms with Crippen molar-refractivity contribution in [1.29, 1.82) is 0 Å². The molecular weight excluding hydrogens is 364 g/mol. The Labute approximate surface area is 165 Å². The standard InChI is InChI=1S/C21H25ClN2O3/c1-26-15-21(9-11-23-12-10-21)20(25)24-18-3-2-4-19(13-18)27-14-16-5-7-17(22)8-6-16/h2-8,13,23H,9-12,14-15H2,1H3,(H,24,25). The van der Waals surface area contributed by atoms with Gasteiger partial charge in [-0.3, -0.25) is 4.79 Å². The van der Waals surface area contributed by atoms with Crippen molar-refractivity contribution in [3.63, 3.8) is 0 Å². The molecular formula is C21H25ClN2O3. The van der Waals surface area contributed by atoms with Crippen molar-refractivity contribution in [3.05, 3.63) is 59.1 Å². The van der Waals surface area contributed by atoms with E-state index in [2.05, 4.69) is 10.6 Å². The summed E-state index contributed by atoms with van der Waals surface area (Å²) in [4.78, 5) is 12.9. The average Bonchev–Trinajstić information content (AvgIpc) is 2.69. The first-order chi connectivity index (χ1) is 13.1. The van der Waals surface area contributed by atoms with Gasteiger partial charge in [-0.15, -0.1) is 0 Å². The van der Waals surface area contributed by atoms with Gasteiger partial charge in [-0.2, -0.15) is 0 Å². The predicted molar refractivity (Wildman–Crippen MR) is 107 cm³/mol. The van der Waals surface area contributed by atoms with Gasteiger partial charge in [-0.05, 0) is 55.8 Å². The fraction of sp³-hybridized carbons (Fsp3) is 0.381. The zero-order chi connectivity index (χ0) is 19.1. The Kier molecular flexibility index (Phi) is 6.72. The molecule has 5 nitrogen and oxygen atoms in total. The Morgan fingerprint density at radius 2 is 1.93 bits per heavy atom. The second-order valence-electron chi connectivity index (χ2n) is 6.86. The van der Waals surface area contributed by atoms with E-state index in [4.69, 9.17) is 21.1 Å². The molecule has 1 fully saturated rings. The molecule has 0 atom stereocenters. The van der Waals surface area contributed by atoms with Crippen molar-refractivity contribution in [1.82, 2.24) is 5.32 Å². The van der Waals surface area contributed by atoms with Crippen LogP contribution < -0.4 is 15.4 Å². The van der Waals surface area contributed by atoms with Gasteiger partial charge in [-0.25, -0.2) is 0 Å². The quantitative estimate of drug-likeness (QED) is 0.755. The van der Waals surface area contributed by atoms with Crippen LogP contribution in [0.25, 0.3) is 0 Å². The first kappa shape index (κ1) is 19.7. The van der Waals surface area contributed by atoms with Crippen LogP contribution in [0.4, 0.5) is 5.69 Å². The molecule has 0 spiro atoms. The number of carbonyl (C=O) groups is 1. The van der Waals surface area contributed by atoms with Crippen molar-refractivity contribution in [2.75, 3.05) is 32.1 Å². The molecule has 0 bridgehead atoms. The molecule has 2 aromatic rings. The number of methoxy groups -OCH3 is 1. The first-order valence-corrected chi connectivity index (χ1v) is 9.47. The topological polar surface area (TPSA) is 59.6 Å². The molecule has 3 rings (SSSR count). The summed E-state index contributed by atoms with van der Waals surface area (Å²) in [5.41, 5.74) is 1.27. The van der Waals surface area contributed by atoms with Gasteiger partial charge in [0, 0.05) is 23.9 Å². The van der Waals surface area contributed by atoms with Crippen molar-refractivity contribution in [3.8, 4) is 5.75 Å². The molecule has 144 valence electrons. The lowest BCUT2D eigenvalue weighted by molar-refractivity contribution is -0.130. The number of hydrogen-bond donors (Lipinski definition) is 2. The predicted octanol–water partition coefficient (Wildman–Crippen LogP) is 3.87. The molecule has 2 aromatic carbocycles. The number of amides is 1. The fourth-order valence-electron chi connectivity index (χ4n) is 3.29. The van der Waals surface area contributed by atoms with Crippen molar-refractivity contribution >= 4 is 23.2 Å². The van der Waals surface area contributed by atoms with Gasteiger partial charge in [0.2, 0.25) is 5.91 Å². The number of piperidine rings is 1. The molecule has 1 saturated heterocycles. The lowest BCUT2D eigenvalue weighted by Gasteiger charge is -2.35. The van der Waals surface area contributed by atoms with Gasteiger partial charge in [0.25, 0.3) is 0 Å². The van der Waals surface area contributed by atoms with Crippen LogP contribution in [0, 0.1) is 5.41 Å². The molecule has 1 heterocycles. The van der Waals surface area contributed by atoms with Gasteiger partial charge < -0.3 is 20.1 Å². The Morgan fingerprint density at radius 3 is 2.63 bits per heavy atom. The smallest absolute Gasteiger partial charge is 0.233 e. The number of nitrogens with one attached hydrogen (secondary N) is 2. The minimum Gasteiger partial charge on any atom is -0.489 e. The van der Waals surface area contributed by atoms with E-state index < -0.39 is 5.41 Å². The molecule has 1 amide bonds. The number of anilines is 1. The molecule has 1 aliphatic rings. The van der Waals surface area contributed by atoms with E-state index in [0.29, 0.717) is 24.0 Å². The largest absolute Gasteiger partial charge is 0.489 e. The SMILES string of the molecule is COCC1(C(=O)Nc2cccc(OCc3ccc(Cl)cc3)c2)CCNCC1. The average molecular weight is 389 g/mol. The van der Waals surface area contributed by atoms with E-state index in [1.165, 1.54) is 0 Å². The van der Waals surface area contributed by atoms with Gasteiger partial charge in [-0.1, -0.05) is 29.8 Å². The fourth-order valence-corrected chi connectivity index (χ4v) is 3.42. The Balaban J connectivity index is 1.64. The molecule has 1 aliphatic heterocycles. The lowest BCUT2D eigenvalue weighted by atomic mass is 9.78. The van der Waals surface area contributed by atoms with Gasteiger partial charge in [0.1, 0.15) is 12.4 Å². The van der Waals surface area contributed by atoms with Crippen molar-refractivity contribution < 1.29 is 14.3 Å². The van der Waals surface area contributed by atoms with Crippen LogP contribution in [0.1, 0.15) is 18.4 Å². The second kappa shape index (κ2) is 9.22. The number of halogens is 1. The summed E-state index contributed by atoms with van der Waals surface area (Å²) < 4.78 is 11.2. The molecule has 0 aromatic heterocycles. The van der Waals surface area contributed by atoms with E-state index in [9.17, 15) is 4.79 Å². The third kappa shape index (κ3) is 5.22. The zero-order valence-corrected chi connectivity index (χ0v) is 16.2. The molecule has 0 saturated carbocycles. The third-order valence-electron chi connectivity index (χ3n) is 4.87. The summed E-state index contributed by atoms with van der Waals surface area (Å²) in [6, 6.07) is 15.0. The van der Waals surface area contributed by atoms with Crippen LogP contribution >= 0.6 is 11.6 Å². The number of hydrogen-bond acceptors (Lipinski definition) is 4. The monoisotopic (exact) mass is 388 g/mol. The van der Waals surface area contributed by atoms with Crippen LogP contribution in [-0.4, -0.2) is 32.7 Å². The summed E-state index contributed by atoms with van der Waals surface area (Å²) in [7, 11) is 1.64. The molecule has 6 heteroatoms. The van der Waals surface area contributed by atoms with Gasteiger partial charge in [0.15, 0.2) is 0 Å². The maximum Gasteiger partial charge on any atom is 0.233 e. The maximum atomic E-state index is 12.9. The summed E-state index contributed by atoms with van der Waals surface area (Å²) in [6.07, 6.45) is 1.53. The van der Waals surface area contributed by atoms with Crippen LogP contribution in [0.15, 0.2) is 48.5 Å². The summed E-state index contributed by atoms with van der Waals surface area (Å²) in [5, 5.41) is 7.04. The molecule has 0 aliphatic carbocycles. The van der Waals surface area contributed by atoms with Crippen LogP contribution in [-0.2, 0) is 16.1 Å². The second-order valence-corrected chi connectivity index (χ2v) is 7.30. The van der Waals surface area contributed by atoms with Crippen LogP contribution in [0.3, 0.4) is 0 Å². The number of benzene rings is 2. The third-order valence-corrected chi connectivity index (χ3v) is 5.13. The minimum atomic E-state index is -0.486. The molecule has 27 heavy (non-hydrogen) atoms. The van der Waals surface area contributed by atoms with E-state index in [0.717, 1.165) is 37.2 Å². The highest BCUT2D eigenvalue weighted by molar-refractivity contribution is 6.30. The van der Waals surface area contributed by atoms with Crippen LogP contribution in [0.5, 0.6) is 5.75 Å². The van der Waals surface area contributed by atoms with Gasteiger partial charge in [0.05, 0.1) is 12.0 Å². The number of carbonyl (C=O) groups excluding carboxylic acids is 1. The number of ether oxygens (including phenoxy) is 2. The highest BCUT2D eigenvalue weighted by atomic mass is 35.5. The Morgan fingerprint density at radius 1 is 1.19 bits per heavy atom.